The summed E-state index contributed by atoms with van der Waals surface area (Å²) in [6.45, 7) is 3.37. The average Bonchev–Trinajstić information content (AvgIpc) is 2.61. The van der Waals surface area contributed by atoms with Crippen molar-refractivity contribution in [2.45, 2.75) is 57.9 Å². The monoisotopic (exact) mass is 328 g/mol. The van der Waals surface area contributed by atoms with Crippen molar-refractivity contribution in [1.82, 2.24) is 10.2 Å². The second-order valence-corrected chi connectivity index (χ2v) is 7.18. The highest BCUT2D eigenvalue weighted by atomic mass is 16.2. The number of carbonyl (C=O) groups is 2. The van der Waals surface area contributed by atoms with Crippen molar-refractivity contribution in [3.63, 3.8) is 0 Å². The minimum Gasteiger partial charge on any atom is -0.352 e. The Morgan fingerprint density at radius 1 is 1.21 bits per heavy atom. The quantitative estimate of drug-likeness (QED) is 0.924. The molecule has 0 spiro atoms. The molecule has 0 unspecified atom stereocenters. The van der Waals surface area contributed by atoms with E-state index in [1.54, 1.807) is 0 Å². The summed E-state index contributed by atoms with van der Waals surface area (Å²) in [5, 5.41) is 3.04. The largest absolute Gasteiger partial charge is 0.352 e. The summed E-state index contributed by atoms with van der Waals surface area (Å²) in [5.41, 5.74) is 2.86. The van der Waals surface area contributed by atoms with Crippen LogP contribution in [0, 0.1) is 5.92 Å². The Labute approximate surface area is 144 Å². The summed E-state index contributed by atoms with van der Waals surface area (Å²) in [4.78, 5) is 26.2. The maximum absolute atomic E-state index is 12.7. The van der Waals surface area contributed by atoms with E-state index in [4.69, 9.17) is 0 Å². The van der Waals surface area contributed by atoms with Gasteiger partial charge in [0.05, 0.1) is 0 Å². The molecule has 1 aliphatic heterocycles. The van der Waals surface area contributed by atoms with Gasteiger partial charge in [-0.1, -0.05) is 31.2 Å². The van der Waals surface area contributed by atoms with Crippen LogP contribution in [0.25, 0.3) is 0 Å². The highest BCUT2D eigenvalue weighted by molar-refractivity contribution is 5.78. The van der Waals surface area contributed by atoms with Crippen LogP contribution in [0.15, 0.2) is 24.3 Å². The first-order chi connectivity index (χ1) is 11.7. The molecular formula is C20H28N2O2. The van der Waals surface area contributed by atoms with Gasteiger partial charge in [-0.15, -0.1) is 0 Å². The van der Waals surface area contributed by atoms with E-state index in [0.717, 1.165) is 38.6 Å². The Kier molecular flexibility index (Phi) is 5.54. The van der Waals surface area contributed by atoms with E-state index in [2.05, 4.69) is 29.6 Å². The van der Waals surface area contributed by atoms with E-state index in [0.29, 0.717) is 25.3 Å². The summed E-state index contributed by atoms with van der Waals surface area (Å²) in [7, 11) is 0. The number of fused-ring (bicyclic) bond motifs is 1. The Morgan fingerprint density at radius 3 is 2.79 bits per heavy atom. The number of carbonyl (C=O) groups excluding carboxylic acids is 2. The third-order valence-corrected chi connectivity index (χ3v) is 5.37. The Morgan fingerprint density at radius 2 is 2.00 bits per heavy atom. The Hall–Kier alpha value is -1.84. The zero-order chi connectivity index (χ0) is 16.9. The van der Waals surface area contributed by atoms with Crippen molar-refractivity contribution in [3.05, 3.63) is 35.4 Å². The standard InChI is InChI=1S/C20H28N2O2/c1-2-19(23)21-18-8-5-11-22(14-18)20(24)13-15-9-10-16-6-3-4-7-17(16)12-15/h3-4,6-7,15,18H,2,5,8-14H2,1H3,(H,21,23)/t15-,18-/m0/s1. The van der Waals surface area contributed by atoms with Gasteiger partial charge in [0.1, 0.15) is 0 Å². The van der Waals surface area contributed by atoms with Crippen LogP contribution in [-0.2, 0) is 22.4 Å². The third-order valence-electron chi connectivity index (χ3n) is 5.37. The van der Waals surface area contributed by atoms with Crippen LogP contribution >= 0.6 is 0 Å². The van der Waals surface area contributed by atoms with Gasteiger partial charge in [0, 0.05) is 32.0 Å². The highest BCUT2D eigenvalue weighted by Crippen LogP contribution is 2.28. The minimum atomic E-state index is 0.0817. The zero-order valence-electron chi connectivity index (χ0n) is 14.6. The maximum Gasteiger partial charge on any atom is 0.222 e. The van der Waals surface area contributed by atoms with Gasteiger partial charge < -0.3 is 10.2 Å². The molecule has 1 saturated heterocycles. The molecule has 0 saturated carbocycles. The predicted octanol–water partition coefficient (Wildman–Crippen LogP) is 2.70. The maximum atomic E-state index is 12.7. The molecule has 0 radical (unpaired) electrons. The summed E-state index contributed by atoms with van der Waals surface area (Å²) >= 11 is 0. The predicted molar refractivity (Wildman–Crippen MR) is 94.6 cm³/mol. The van der Waals surface area contributed by atoms with Crippen LogP contribution in [0.1, 0.15) is 50.2 Å². The van der Waals surface area contributed by atoms with E-state index in [9.17, 15) is 9.59 Å². The van der Waals surface area contributed by atoms with Crippen molar-refractivity contribution in [1.29, 1.82) is 0 Å². The van der Waals surface area contributed by atoms with E-state index in [1.807, 2.05) is 11.8 Å². The molecule has 24 heavy (non-hydrogen) atoms. The summed E-state index contributed by atoms with van der Waals surface area (Å²) in [6, 6.07) is 8.72. The van der Waals surface area contributed by atoms with Crippen LogP contribution in [0.2, 0.25) is 0 Å². The van der Waals surface area contributed by atoms with Crippen molar-refractivity contribution < 1.29 is 9.59 Å². The topological polar surface area (TPSA) is 49.4 Å². The molecule has 4 nitrogen and oxygen atoms in total. The number of aryl methyl sites for hydroxylation is 1. The lowest BCUT2D eigenvalue weighted by Crippen LogP contribution is -2.49. The molecule has 130 valence electrons. The number of piperidine rings is 1. The fourth-order valence-electron chi connectivity index (χ4n) is 3.97. The zero-order valence-corrected chi connectivity index (χ0v) is 14.6. The molecule has 2 amide bonds. The first kappa shape index (κ1) is 17.0. The van der Waals surface area contributed by atoms with E-state index in [1.165, 1.54) is 11.1 Å². The van der Waals surface area contributed by atoms with E-state index >= 15 is 0 Å². The number of rotatable bonds is 4. The van der Waals surface area contributed by atoms with Crippen molar-refractivity contribution in [3.8, 4) is 0 Å². The second kappa shape index (κ2) is 7.82. The fourth-order valence-corrected chi connectivity index (χ4v) is 3.97. The number of nitrogens with one attached hydrogen (secondary N) is 1. The van der Waals surface area contributed by atoms with E-state index in [-0.39, 0.29) is 17.9 Å². The fraction of sp³-hybridized carbons (Fsp3) is 0.600. The molecule has 1 aromatic rings. The van der Waals surface area contributed by atoms with Crippen LogP contribution in [0.5, 0.6) is 0 Å². The second-order valence-electron chi connectivity index (χ2n) is 7.18. The molecular weight excluding hydrogens is 300 g/mol. The van der Waals surface area contributed by atoms with E-state index < -0.39 is 0 Å². The normalized spacial score (nSPS) is 23.5. The molecule has 4 heteroatoms. The average molecular weight is 328 g/mol. The van der Waals surface area contributed by atoms with Gasteiger partial charge in [-0.2, -0.15) is 0 Å². The molecule has 1 fully saturated rings. The van der Waals surface area contributed by atoms with Gasteiger partial charge in [-0.3, -0.25) is 9.59 Å². The van der Waals surface area contributed by atoms with Crippen LogP contribution < -0.4 is 5.32 Å². The highest BCUT2D eigenvalue weighted by Gasteiger charge is 2.27. The number of likely N-dealkylation sites (tertiary alicyclic amines) is 1. The lowest BCUT2D eigenvalue weighted by molar-refractivity contribution is -0.134. The van der Waals surface area contributed by atoms with Gasteiger partial charge in [-0.05, 0) is 49.1 Å². The van der Waals surface area contributed by atoms with Gasteiger partial charge >= 0.3 is 0 Å². The molecule has 0 bridgehead atoms. The Bertz CT molecular complexity index is 599. The van der Waals surface area contributed by atoms with Gasteiger partial charge in [-0.25, -0.2) is 0 Å². The van der Waals surface area contributed by atoms with Gasteiger partial charge in [0.25, 0.3) is 0 Å². The molecule has 2 aliphatic rings. The molecule has 1 aliphatic carbocycles. The van der Waals surface area contributed by atoms with Crippen LogP contribution in [0.3, 0.4) is 0 Å². The van der Waals surface area contributed by atoms with Crippen LogP contribution in [-0.4, -0.2) is 35.8 Å². The molecule has 1 aromatic carbocycles. The minimum absolute atomic E-state index is 0.0817. The lowest BCUT2D eigenvalue weighted by Gasteiger charge is -2.34. The number of hydrogen-bond acceptors (Lipinski definition) is 2. The number of hydrogen-bond donors (Lipinski definition) is 1. The summed E-state index contributed by atoms with van der Waals surface area (Å²) in [6.07, 6.45) is 6.32. The van der Waals surface area contributed by atoms with Gasteiger partial charge in [0.15, 0.2) is 0 Å². The molecule has 2 atom stereocenters. The molecule has 3 rings (SSSR count). The summed E-state index contributed by atoms with van der Waals surface area (Å²) in [5.74, 6) is 0.797. The number of benzene rings is 1. The molecule has 1 heterocycles. The number of amides is 2. The van der Waals surface area contributed by atoms with Crippen LogP contribution in [0.4, 0.5) is 0 Å². The molecule has 1 N–H and O–H groups in total. The van der Waals surface area contributed by atoms with Gasteiger partial charge in [0.2, 0.25) is 11.8 Å². The van der Waals surface area contributed by atoms with Crippen molar-refractivity contribution >= 4 is 11.8 Å². The smallest absolute Gasteiger partial charge is 0.222 e. The lowest BCUT2D eigenvalue weighted by atomic mass is 9.82. The number of nitrogens with zero attached hydrogens (tertiary/aromatic N) is 1. The third kappa shape index (κ3) is 4.16. The SMILES string of the molecule is CCC(=O)N[C@H]1CCCN(C(=O)C[C@H]2CCc3ccccc3C2)C1. The van der Waals surface area contributed by atoms with Crippen molar-refractivity contribution in [2.24, 2.45) is 5.92 Å². The summed E-state index contributed by atoms with van der Waals surface area (Å²) < 4.78 is 0. The molecule has 0 aromatic heterocycles. The first-order valence-electron chi connectivity index (χ1n) is 9.29. The Balaban J connectivity index is 1.52. The first-order valence-corrected chi connectivity index (χ1v) is 9.29. The van der Waals surface area contributed by atoms with Crippen molar-refractivity contribution in [2.75, 3.05) is 13.1 Å².